The highest BCUT2D eigenvalue weighted by molar-refractivity contribution is 5.97. The lowest BCUT2D eigenvalue weighted by Gasteiger charge is -2.29. The van der Waals surface area contributed by atoms with Crippen molar-refractivity contribution in [2.45, 2.75) is 18.6 Å². The average molecular weight is 429 g/mol. The molecule has 3 aromatic rings. The van der Waals surface area contributed by atoms with Crippen LogP contribution >= 0.6 is 0 Å². The summed E-state index contributed by atoms with van der Waals surface area (Å²) in [6.07, 6.45) is -1.75. The number of aromatic nitrogens is 2. The predicted octanol–water partition coefficient (Wildman–Crippen LogP) is 3.69. The molecule has 2 saturated heterocycles. The first-order chi connectivity index (χ1) is 15.0. The van der Waals surface area contributed by atoms with E-state index >= 15 is 0 Å². The van der Waals surface area contributed by atoms with Crippen molar-refractivity contribution in [1.29, 1.82) is 0 Å². The zero-order chi connectivity index (χ0) is 21.4. The number of hydrazine groups is 1. The Kier molecular flexibility index (Phi) is 5.25. The number of halogens is 3. The highest BCUT2D eigenvalue weighted by Gasteiger charge is 2.30. The van der Waals surface area contributed by atoms with E-state index in [0.29, 0.717) is 31.9 Å². The molecule has 5 rings (SSSR count). The minimum atomic E-state index is -4.37. The van der Waals surface area contributed by atoms with Crippen molar-refractivity contribution in [3.05, 3.63) is 53.9 Å². The molecule has 162 valence electrons. The lowest BCUT2D eigenvalue weighted by molar-refractivity contribution is -0.137. The Morgan fingerprint density at radius 1 is 1.06 bits per heavy atom. The second-order valence-electron chi connectivity index (χ2n) is 7.71. The minimum Gasteiger partial charge on any atom is -0.378 e. The van der Waals surface area contributed by atoms with Crippen molar-refractivity contribution < 1.29 is 17.9 Å². The normalized spacial score (nSPS) is 19.8. The molecule has 2 N–H and O–H groups in total. The van der Waals surface area contributed by atoms with Gasteiger partial charge >= 0.3 is 6.18 Å². The molecule has 6 nitrogen and oxygen atoms in total. The molecule has 0 bridgehead atoms. The van der Waals surface area contributed by atoms with Crippen LogP contribution in [0.2, 0.25) is 0 Å². The third-order valence-electron chi connectivity index (χ3n) is 5.77. The molecule has 1 atom stereocenters. The van der Waals surface area contributed by atoms with Crippen LogP contribution in [0.3, 0.4) is 0 Å². The van der Waals surface area contributed by atoms with Crippen LogP contribution in [0.4, 0.5) is 19.0 Å². The van der Waals surface area contributed by atoms with Crippen LogP contribution in [0.5, 0.6) is 0 Å². The van der Waals surface area contributed by atoms with Gasteiger partial charge in [0.15, 0.2) is 0 Å². The third-order valence-corrected chi connectivity index (χ3v) is 5.77. The molecule has 1 unspecified atom stereocenters. The van der Waals surface area contributed by atoms with Gasteiger partial charge in [0.25, 0.3) is 0 Å². The maximum atomic E-state index is 13.1. The minimum absolute atomic E-state index is 0.0246. The lowest BCUT2D eigenvalue weighted by Crippen LogP contribution is -2.36. The molecule has 2 fully saturated rings. The molecule has 2 aliphatic rings. The molecule has 31 heavy (non-hydrogen) atoms. The monoisotopic (exact) mass is 429 g/mol. The largest absolute Gasteiger partial charge is 0.416 e. The standard InChI is InChI=1S/C22H22F3N5O/c23-22(24,25)15-3-1-14(2-4-15)17-13-19(30-9-11-31-12-10-30)28-20-16(17)5-7-26-21(20)18-6-8-27-29-18/h1-5,7,13,18,27,29H,6,8-12H2. The number of hydrogen-bond acceptors (Lipinski definition) is 6. The summed E-state index contributed by atoms with van der Waals surface area (Å²) in [4.78, 5) is 11.7. The number of alkyl halides is 3. The fourth-order valence-electron chi connectivity index (χ4n) is 4.13. The van der Waals surface area contributed by atoms with Gasteiger partial charge in [-0.3, -0.25) is 10.4 Å². The van der Waals surface area contributed by atoms with Crippen LogP contribution in [0.15, 0.2) is 42.6 Å². The van der Waals surface area contributed by atoms with E-state index in [1.165, 1.54) is 12.1 Å². The van der Waals surface area contributed by atoms with E-state index in [0.717, 1.165) is 53.1 Å². The molecule has 0 aliphatic carbocycles. The van der Waals surface area contributed by atoms with Crippen LogP contribution < -0.4 is 15.8 Å². The van der Waals surface area contributed by atoms with E-state index in [2.05, 4.69) is 20.7 Å². The van der Waals surface area contributed by atoms with Crippen LogP contribution in [0, 0.1) is 0 Å². The number of nitrogens with zero attached hydrogens (tertiary/aromatic N) is 3. The second kappa shape index (κ2) is 8.07. The quantitative estimate of drug-likeness (QED) is 0.662. The summed E-state index contributed by atoms with van der Waals surface area (Å²) in [5, 5.41) is 0.871. The number of fused-ring (bicyclic) bond motifs is 1. The summed E-state index contributed by atoms with van der Waals surface area (Å²) < 4.78 is 44.6. The molecule has 9 heteroatoms. The number of ether oxygens (including phenoxy) is 1. The molecular weight excluding hydrogens is 407 g/mol. The first kappa shape index (κ1) is 20.2. The maximum absolute atomic E-state index is 13.1. The van der Waals surface area contributed by atoms with Crippen molar-refractivity contribution in [3.63, 3.8) is 0 Å². The van der Waals surface area contributed by atoms with Gasteiger partial charge in [-0.2, -0.15) is 13.2 Å². The molecule has 2 aliphatic heterocycles. The number of morpholine rings is 1. The molecule has 4 heterocycles. The van der Waals surface area contributed by atoms with Gasteiger partial charge in [-0.1, -0.05) is 12.1 Å². The molecule has 0 radical (unpaired) electrons. The Morgan fingerprint density at radius 3 is 2.52 bits per heavy atom. The fraction of sp³-hybridized carbons (Fsp3) is 0.364. The Morgan fingerprint density at radius 2 is 1.84 bits per heavy atom. The number of benzene rings is 1. The summed E-state index contributed by atoms with van der Waals surface area (Å²) in [6, 6.07) is 9.16. The van der Waals surface area contributed by atoms with Gasteiger partial charge in [0.1, 0.15) is 5.82 Å². The van der Waals surface area contributed by atoms with Crippen molar-refractivity contribution in [3.8, 4) is 11.1 Å². The highest BCUT2D eigenvalue weighted by atomic mass is 19.4. The van der Waals surface area contributed by atoms with Gasteiger partial charge in [0.05, 0.1) is 36.0 Å². The maximum Gasteiger partial charge on any atom is 0.416 e. The number of rotatable bonds is 3. The van der Waals surface area contributed by atoms with Gasteiger partial charge in [0.2, 0.25) is 0 Å². The second-order valence-corrected chi connectivity index (χ2v) is 7.71. The van der Waals surface area contributed by atoms with E-state index in [1.807, 2.05) is 12.1 Å². The van der Waals surface area contributed by atoms with Gasteiger partial charge < -0.3 is 9.64 Å². The Balaban J connectivity index is 1.67. The number of hydrogen-bond donors (Lipinski definition) is 2. The summed E-state index contributed by atoms with van der Waals surface area (Å²) in [5.74, 6) is 0.783. The van der Waals surface area contributed by atoms with Crippen molar-refractivity contribution in [1.82, 2.24) is 20.8 Å². The average Bonchev–Trinajstić information content (AvgIpc) is 3.33. The molecular formula is C22H22F3N5O. The van der Waals surface area contributed by atoms with Gasteiger partial charge in [0, 0.05) is 31.2 Å². The smallest absolute Gasteiger partial charge is 0.378 e. The van der Waals surface area contributed by atoms with Gasteiger partial charge in [-0.05, 0) is 41.8 Å². The first-order valence-corrected chi connectivity index (χ1v) is 10.3. The summed E-state index contributed by atoms with van der Waals surface area (Å²) >= 11 is 0. The zero-order valence-electron chi connectivity index (χ0n) is 16.7. The Bertz CT molecular complexity index is 1070. The van der Waals surface area contributed by atoms with Gasteiger partial charge in [-0.15, -0.1) is 0 Å². The van der Waals surface area contributed by atoms with E-state index < -0.39 is 11.7 Å². The topological polar surface area (TPSA) is 62.3 Å². The summed E-state index contributed by atoms with van der Waals surface area (Å²) in [5.41, 5.74) is 8.86. The summed E-state index contributed by atoms with van der Waals surface area (Å²) in [6.45, 7) is 3.48. The summed E-state index contributed by atoms with van der Waals surface area (Å²) in [7, 11) is 0. The van der Waals surface area contributed by atoms with Gasteiger partial charge in [-0.25, -0.2) is 10.4 Å². The Hall–Kier alpha value is -2.75. The first-order valence-electron chi connectivity index (χ1n) is 10.3. The van der Waals surface area contributed by atoms with Crippen LogP contribution in [-0.2, 0) is 10.9 Å². The fourth-order valence-corrected chi connectivity index (χ4v) is 4.13. The van der Waals surface area contributed by atoms with Crippen molar-refractivity contribution in [2.75, 3.05) is 37.7 Å². The predicted molar refractivity (Wildman–Crippen MR) is 112 cm³/mol. The van der Waals surface area contributed by atoms with E-state index in [9.17, 15) is 13.2 Å². The molecule has 0 amide bonds. The lowest BCUT2D eigenvalue weighted by atomic mass is 9.98. The van der Waals surface area contributed by atoms with E-state index in [-0.39, 0.29) is 6.04 Å². The van der Waals surface area contributed by atoms with E-state index in [4.69, 9.17) is 9.72 Å². The molecule has 0 spiro atoms. The van der Waals surface area contributed by atoms with Crippen molar-refractivity contribution >= 4 is 16.7 Å². The number of anilines is 1. The van der Waals surface area contributed by atoms with E-state index in [1.54, 1.807) is 6.20 Å². The highest BCUT2D eigenvalue weighted by Crippen LogP contribution is 2.36. The van der Waals surface area contributed by atoms with Crippen LogP contribution in [0.1, 0.15) is 23.7 Å². The molecule has 2 aromatic heterocycles. The van der Waals surface area contributed by atoms with Crippen molar-refractivity contribution in [2.24, 2.45) is 0 Å². The number of nitrogens with one attached hydrogen (secondary N) is 2. The third kappa shape index (κ3) is 3.96. The van der Waals surface area contributed by atoms with Crippen LogP contribution in [-0.4, -0.2) is 42.8 Å². The Labute approximate surface area is 177 Å². The number of pyridine rings is 2. The van der Waals surface area contributed by atoms with Crippen LogP contribution in [0.25, 0.3) is 22.0 Å². The zero-order valence-corrected chi connectivity index (χ0v) is 16.7. The SMILES string of the molecule is FC(F)(F)c1ccc(-c2cc(N3CCOCC3)nc3c(C4CCNN4)nccc23)cc1. The molecule has 0 saturated carbocycles. The molecule has 1 aromatic carbocycles.